The van der Waals surface area contributed by atoms with Crippen LogP contribution in [0.15, 0.2) is 12.7 Å². The van der Waals surface area contributed by atoms with E-state index in [0.29, 0.717) is 16.9 Å². The quantitative estimate of drug-likeness (QED) is 0.773. The summed E-state index contributed by atoms with van der Waals surface area (Å²) >= 11 is 3.57. The molecule has 1 rings (SSSR count). The number of hydrogen-bond acceptors (Lipinski definition) is 3. The van der Waals surface area contributed by atoms with Crippen LogP contribution >= 0.6 is 23.5 Å². The van der Waals surface area contributed by atoms with E-state index in [1.165, 1.54) is 0 Å². The number of aliphatic carboxylic acids is 1. The zero-order chi connectivity index (χ0) is 11.6. The fourth-order valence-electron chi connectivity index (χ4n) is 1.83. The summed E-state index contributed by atoms with van der Waals surface area (Å²) in [6.07, 6.45) is 2.25. The maximum absolute atomic E-state index is 11.2. The largest absolute Gasteiger partial charge is 0.481 e. The van der Waals surface area contributed by atoms with Gasteiger partial charge in [0.2, 0.25) is 0 Å². The van der Waals surface area contributed by atoms with Crippen molar-refractivity contribution in [3.63, 3.8) is 0 Å². The Morgan fingerprint density at radius 2 is 2.00 bits per heavy atom. The van der Waals surface area contributed by atoms with Crippen LogP contribution in [0.25, 0.3) is 0 Å². The molecule has 86 valence electrons. The first-order valence-electron chi connectivity index (χ1n) is 5.10. The molecule has 0 radical (unpaired) electrons. The molecule has 0 aliphatic carbocycles. The van der Waals surface area contributed by atoms with E-state index in [9.17, 15) is 9.90 Å². The lowest BCUT2D eigenvalue weighted by molar-refractivity contribution is -0.141. The van der Waals surface area contributed by atoms with Crippen LogP contribution in [0.3, 0.4) is 0 Å². The van der Waals surface area contributed by atoms with E-state index in [1.54, 1.807) is 29.6 Å². The Bertz CT molecular complexity index is 255. The minimum absolute atomic E-state index is 0.209. The third kappa shape index (κ3) is 2.72. The monoisotopic (exact) mass is 246 g/mol. The molecule has 3 unspecified atom stereocenters. The molecule has 0 aromatic carbocycles. The molecule has 1 saturated heterocycles. The van der Waals surface area contributed by atoms with Gasteiger partial charge in [-0.05, 0) is 13.3 Å². The van der Waals surface area contributed by atoms with Crippen LogP contribution in [-0.2, 0) is 4.79 Å². The van der Waals surface area contributed by atoms with Crippen LogP contribution in [0.1, 0.15) is 27.2 Å². The van der Waals surface area contributed by atoms with Crippen LogP contribution in [-0.4, -0.2) is 25.7 Å². The Labute approximate surface area is 99.9 Å². The first kappa shape index (κ1) is 13.0. The second-order valence-corrected chi connectivity index (χ2v) is 7.99. The zero-order valence-corrected chi connectivity index (χ0v) is 11.0. The van der Waals surface area contributed by atoms with Gasteiger partial charge in [0, 0.05) is 10.5 Å². The first-order valence-corrected chi connectivity index (χ1v) is 6.86. The lowest BCUT2D eigenvalue weighted by atomic mass is 10.0. The third-order valence-electron chi connectivity index (χ3n) is 2.83. The molecule has 15 heavy (non-hydrogen) atoms. The summed E-state index contributed by atoms with van der Waals surface area (Å²) in [6.45, 7) is 10.0. The number of hydrogen-bond donors (Lipinski definition) is 1. The van der Waals surface area contributed by atoms with Crippen molar-refractivity contribution in [2.24, 2.45) is 5.92 Å². The molecule has 0 saturated carbocycles. The predicted molar refractivity (Wildman–Crippen MR) is 68.5 cm³/mol. The van der Waals surface area contributed by atoms with Crippen molar-refractivity contribution in [2.75, 3.05) is 0 Å². The van der Waals surface area contributed by atoms with Gasteiger partial charge in [-0.2, -0.15) is 0 Å². The minimum Gasteiger partial charge on any atom is -0.481 e. The molecule has 3 atom stereocenters. The standard InChI is InChI=1S/C11H18O2S2/c1-5-6-9(10(12)13)11(4)14-7(2)8(3)15-11/h5,7-9H,1,6H2,2-4H3,(H,12,13). The van der Waals surface area contributed by atoms with Gasteiger partial charge in [-0.25, -0.2) is 0 Å². The van der Waals surface area contributed by atoms with E-state index in [1.807, 2.05) is 6.92 Å². The normalized spacial score (nSPS) is 37.5. The highest BCUT2D eigenvalue weighted by atomic mass is 32.2. The van der Waals surface area contributed by atoms with Crippen molar-refractivity contribution < 1.29 is 9.90 Å². The number of allylic oxidation sites excluding steroid dienone is 1. The van der Waals surface area contributed by atoms with E-state index in [2.05, 4.69) is 20.4 Å². The molecule has 4 heteroatoms. The van der Waals surface area contributed by atoms with Crippen LogP contribution in [0, 0.1) is 5.92 Å². The van der Waals surface area contributed by atoms with Gasteiger partial charge in [-0.15, -0.1) is 30.1 Å². The molecule has 0 bridgehead atoms. The summed E-state index contributed by atoms with van der Waals surface area (Å²) in [4.78, 5) is 11.2. The Morgan fingerprint density at radius 1 is 1.53 bits per heavy atom. The number of thioether (sulfide) groups is 2. The molecule has 0 spiro atoms. The summed E-state index contributed by atoms with van der Waals surface area (Å²) in [5, 5.41) is 10.3. The van der Waals surface area contributed by atoms with Crippen LogP contribution in [0.5, 0.6) is 0 Å². The van der Waals surface area contributed by atoms with Gasteiger partial charge in [0.1, 0.15) is 0 Å². The summed E-state index contributed by atoms with van der Waals surface area (Å²) in [5.74, 6) is -1.05. The van der Waals surface area contributed by atoms with Gasteiger partial charge >= 0.3 is 5.97 Å². The van der Waals surface area contributed by atoms with Gasteiger partial charge < -0.3 is 5.11 Å². The maximum Gasteiger partial charge on any atom is 0.309 e. The third-order valence-corrected chi connectivity index (χ3v) is 6.65. The fourth-order valence-corrected chi connectivity index (χ4v) is 5.88. The summed E-state index contributed by atoms with van der Waals surface area (Å²) in [6, 6.07) is 0. The van der Waals surface area contributed by atoms with E-state index in [0.717, 1.165) is 0 Å². The SMILES string of the molecule is C=CCC(C(=O)O)C1(C)SC(C)C(C)S1. The maximum atomic E-state index is 11.2. The highest BCUT2D eigenvalue weighted by Crippen LogP contribution is 2.56. The lowest BCUT2D eigenvalue weighted by Gasteiger charge is -2.29. The summed E-state index contributed by atoms with van der Waals surface area (Å²) in [7, 11) is 0. The van der Waals surface area contributed by atoms with Crippen molar-refractivity contribution in [3.05, 3.63) is 12.7 Å². The fraction of sp³-hybridized carbons (Fsp3) is 0.727. The number of rotatable bonds is 4. The molecule has 2 nitrogen and oxygen atoms in total. The van der Waals surface area contributed by atoms with Gasteiger partial charge in [0.25, 0.3) is 0 Å². The number of carboxylic acid groups (broad SMARTS) is 1. The highest BCUT2D eigenvalue weighted by molar-refractivity contribution is 8.22. The van der Waals surface area contributed by atoms with Crippen molar-refractivity contribution in [1.29, 1.82) is 0 Å². The van der Waals surface area contributed by atoms with Crippen molar-refractivity contribution in [2.45, 2.75) is 41.8 Å². The molecule has 1 fully saturated rings. The van der Waals surface area contributed by atoms with E-state index < -0.39 is 5.97 Å². The number of carbonyl (C=O) groups is 1. The lowest BCUT2D eigenvalue weighted by Crippen LogP contribution is -2.32. The Balaban J connectivity index is 2.83. The molecule has 1 heterocycles. The van der Waals surface area contributed by atoms with Gasteiger partial charge in [-0.3, -0.25) is 4.79 Å². The van der Waals surface area contributed by atoms with Gasteiger partial charge in [0.15, 0.2) is 0 Å². The topological polar surface area (TPSA) is 37.3 Å². The second kappa shape index (κ2) is 4.83. The van der Waals surface area contributed by atoms with Crippen LogP contribution in [0.2, 0.25) is 0 Å². The van der Waals surface area contributed by atoms with Crippen molar-refractivity contribution >= 4 is 29.5 Å². The summed E-state index contributed by atoms with van der Waals surface area (Å²) < 4.78 is -0.209. The molecule has 0 aromatic rings. The Kier molecular flexibility index (Phi) is 4.18. The van der Waals surface area contributed by atoms with E-state index in [4.69, 9.17) is 0 Å². The van der Waals surface area contributed by atoms with Crippen molar-refractivity contribution in [3.8, 4) is 0 Å². The Morgan fingerprint density at radius 3 is 2.33 bits per heavy atom. The molecular weight excluding hydrogens is 228 g/mol. The Hall–Kier alpha value is -0.0900. The smallest absolute Gasteiger partial charge is 0.309 e. The average molecular weight is 246 g/mol. The minimum atomic E-state index is -0.710. The predicted octanol–water partition coefficient (Wildman–Crippen LogP) is 3.24. The molecular formula is C11H18O2S2. The molecule has 1 aliphatic rings. The second-order valence-electron chi connectivity index (χ2n) is 4.08. The van der Waals surface area contributed by atoms with E-state index in [-0.39, 0.29) is 10.00 Å². The van der Waals surface area contributed by atoms with Crippen LogP contribution < -0.4 is 0 Å². The summed E-state index contributed by atoms with van der Waals surface area (Å²) in [5.41, 5.74) is 0. The molecule has 1 aliphatic heterocycles. The highest BCUT2D eigenvalue weighted by Gasteiger charge is 2.47. The van der Waals surface area contributed by atoms with E-state index >= 15 is 0 Å². The van der Waals surface area contributed by atoms with Gasteiger partial charge in [-0.1, -0.05) is 19.9 Å². The first-order chi connectivity index (χ1) is 6.90. The van der Waals surface area contributed by atoms with Crippen LogP contribution in [0.4, 0.5) is 0 Å². The van der Waals surface area contributed by atoms with Gasteiger partial charge in [0.05, 0.1) is 10.00 Å². The average Bonchev–Trinajstić information content (AvgIpc) is 2.37. The number of carboxylic acids is 1. The molecule has 0 aromatic heterocycles. The molecule has 1 N–H and O–H groups in total. The molecule has 0 amide bonds. The zero-order valence-electron chi connectivity index (χ0n) is 9.40. The van der Waals surface area contributed by atoms with Crippen molar-refractivity contribution in [1.82, 2.24) is 0 Å².